The summed E-state index contributed by atoms with van der Waals surface area (Å²) in [6.07, 6.45) is 3.70. The number of hydrogen-bond donors (Lipinski definition) is 0. The normalized spacial score (nSPS) is 12.9. The molecule has 0 N–H and O–H groups in total. The molecule has 0 aliphatic rings. The molecule has 1 nitrogen and oxygen atoms in total. The minimum atomic E-state index is -0.861. The van der Waals surface area contributed by atoms with Gasteiger partial charge in [0.15, 0.2) is 0 Å². The zero-order valence-corrected chi connectivity index (χ0v) is 8.17. The van der Waals surface area contributed by atoms with Crippen LogP contribution in [-0.2, 0) is 10.8 Å². The van der Waals surface area contributed by atoms with Gasteiger partial charge in [0.05, 0.1) is 15.7 Å². The number of rotatable bonds is 2. The second kappa shape index (κ2) is 3.93. The topological polar surface area (TPSA) is 17.1 Å². The van der Waals surface area contributed by atoms with Crippen LogP contribution in [0.15, 0.2) is 34.1 Å². The Morgan fingerprint density at radius 1 is 1.36 bits per heavy atom. The summed E-state index contributed by atoms with van der Waals surface area (Å²) in [7, 11) is -0.861. The van der Waals surface area contributed by atoms with Crippen LogP contribution in [0.3, 0.4) is 0 Å². The van der Waals surface area contributed by atoms with Gasteiger partial charge >= 0.3 is 0 Å². The lowest BCUT2D eigenvalue weighted by Crippen LogP contribution is -1.88. The van der Waals surface area contributed by atoms with Gasteiger partial charge in [-0.1, -0.05) is 12.1 Å². The van der Waals surface area contributed by atoms with Crippen molar-refractivity contribution >= 4 is 22.6 Å². The van der Waals surface area contributed by atoms with E-state index < -0.39 is 10.8 Å². The Bertz CT molecular complexity index is 271. The monoisotopic (exact) mass is 186 g/mol. The molecule has 0 saturated carbocycles. The fourth-order valence-electron chi connectivity index (χ4n) is 0.856. The number of hydrogen-bond acceptors (Lipinski definition) is 2. The minimum Gasteiger partial charge on any atom is -0.255 e. The SMILES string of the molecule is CSc1ccccc1S(C)=O. The van der Waals surface area contributed by atoms with Gasteiger partial charge in [-0.2, -0.15) is 0 Å². The zero-order valence-electron chi connectivity index (χ0n) is 6.53. The Labute approximate surface area is 73.7 Å². The molecule has 0 radical (unpaired) electrons. The predicted octanol–water partition coefficient (Wildman–Crippen LogP) is 2.15. The molecule has 0 saturated heterocycles. The molecule has 0 fully saturated rings. The van der Waals surface area contributed by atoms with Gasteiger partial charge in [-0.05, 0) is 18.4 Å². The van der Waals surface area contributed by atoms with Crippen LogP contribution in [0.1, 0.15) is 0 Å². The lowest BCUT2D eigenvalue weighted by molar-refractivity contribution is 0.685. The molecule has 0 aliphatic carbocycles. The highest BCUT2D eigenvalue weighted by Gasteiger charge is 2.01. The summed E-state index contributed by atoms with van der Waals surface area (Å²) in [5, 5.41) is 0. The standard InChI is InChI=1S/C8H10OS2/c1-10-7-5-3-4-6-8(7)11(2)9/h3-6H,1-2H3. The molecule has 11 heavy (non-hydrogen) atoms. The highest BCUT2D eigenvalue weighted by molar-refractivity contribution is 7.99. The molecule has 60 valence electrons. The van der Waals surface area contributed by atoms with Crippen LogP contribution in [0.25, 0.3) is 0 Å². The van der Waals surface area contributed by atoms with E-state index in [9.17, 15) is 4.21 Å². The Hall–Kier alpha value is -0.280. The Morgan fingerprint density at radius 2 is 2.00 bits per heavy atom. The fraction of sp³-hybridized carbons (Fsp3) is 0.250. The van der Waals surface area contributed by atoms with Crippen LogP contribution in [0.5, 0.6) is 0 Å². The van der Waals surface area contributed by atoms with E-state index in [-0.39, 0.29) is 0 Å². The first kappa shape index (κ1) is 8.81. The van der Waals surface area contributed by atoms with Gasteiger partial charge in [0, 0.05) is 11.2 Å². The smallest absolute Gasteiger partial charge is 0.0520 e. The van der Waals surface area contributed by atoms with E-state index in [0.717, 1.165) is 9.79 Å². The summed E-state index contributed by atoms with van der Waals surface area (Å²) >= 11 is 1.63. The summed E-state index contributed by atoms with van der Waals surface area (Å²) < 4.78 is 11.1. The van der Waals surface area contributed by atoms with Gasteiger partial charge in [-0.25, -0.2) is 0 Å². The molecule has 1 unspecified atom stereocenters. The van der Waals surface area contributed by atoms with Gasteiger partial charge < -0.3 is 0 Å². The third-order valence-electron chi connectivity index (χ3n) is 1.38. The van der Waals surface area contributed by atoms with Crippen molar-refractivity contribution in [3.05, 3.63) is 24.3 Å². The van der Waals surface area contributed by atoms with E-state index in [2.05, 4.69) is 0 Å². The van der Waals surface area contributed by atoms with Crippen LogP contribution in [0.2, 0.25) is 0 Å². The first-order valence-corrected chi connectivity index (χ1v) is 6.00. The third kappa shape index (κ3) is 2.07. The van der Waals surface area contributed by atoms with Crippen molar-refractivity contribution in [3.63, 3.8) is 0 Å². The Balaban J connectivity index is 3.12. The Morgan fingerprint density at radius 3 is 2.45 bits per heavy atom. The average Bonchev–Trinajstić information content (AvgIpc) is 2.04. The van der Waals surface area contributed by atoms with E-state index in [1.54, 1.807) is 18.0 Å². The van der Waals surface area contributed by atoms with Crippen molar-refractivity contribution in [2.45, 2.75) is 9.79 Å². The molecular formula is C8H10OS2. The minimum absolute atomic E-state index is 0.861. The Kier molecular flexibility index (Phi) is 3.15. The predicted molar refractivity (Wildman–Crippen MR) is 50.6 cm³/mol. The lowest BCUT2D eigenvalue weighted by Gasteiger charge is -2.01. The molecule has 0 heterocycles. The van der Waals surface area contributed by atoms with Gasteiger partial charge in [0.25, 0.3) is 0 Å². The van der Waals surface area contributed by atoms with E-state index in [4.69, 9.17) is 0 Å². The van der Waals surface area contributed by atoms with Crippen molar-refractivity contribution < 1.29 is 4.21 Å². The summed E-state index contributed by atoms with van der Waals surface area (Å²) in [6, 6.07) is 7.77. The van der Waals surface area contributed by atoms with Gasteiger partial charge in [-0.3, -0.25) is 4.21 Å². The summed E-state index contributed by atoms with van der Waals surface area (Å²) in [6.45, 7) is 0. The van der Waals surface area contributed by atoms with Gasteiger partial charge in [0.1, 0.15) is 0 Å². The summed E-state index contributed by atoms with van der Waals surface area (Å²) in [5.74, 6) is 0. The second-order valence-corrected chi connectivity index (χ2v) is 4.30. The highest BCUT2D eigenvalue weighted by Crippen LogP contribution is 2.21. The van der Waals surface area contributed by atoms with E-state index >= 15 is 0 Å². The first-order valence-electron chi connectivity index (χ1n) is 3.22. The van der Waals surface area contributed by atoms with E-state index in [1.807, 2.05) is 30.5 Å². The maximum atomic E-state index is 11.1. The van der Waals surface area contributed by atoms with Crippen LogP contribution < -0.4 is 0 Å². The largest absolute Gasteiger partial charge is 0.255 e. The zero-order chi connectivity index (χ0) is 8.27. The van der Waals surface area contributed by atoms with Crippen molar-refractivity contribution in [1.82, 2.24) is 0 Å². The van der Waals surface area contributed by atoms with Crippen LogP contribution in [0.4, 0.5) is 0 Å². The van der Waals surface area contributed by atoms with Crippen molar-refractivity contribution in [1.29, 1.82) is 0 Å². The first-order chi connectivity index (χ1) is 5.25. The molecule has 0 spiro atoms. The van der Waals surface area contributed by atoms with Crippen molar-refractivity contribution in [2.75, 3.05) is 12.5 Å². The van der Waals surface area contributed by atoms with Gasteiger partial charge in [0.2, 0.25) is 0 Å². The van der Waals surface area contributed by atoms with Crippen LogP contribution in [0, 0.1) is 0 Å². The van der Waals surface area contributed by atoms with Gasteiger partial charge in [-0.15, -0.1) is 11.8 Å². The molecule has 1 atom stereocenters. The molecule has 1 aromatic carbocycles. The molecule has 0 bridgehead atoms. The summed E-state index contributed by atoms with van der Waals surface area (Å²) in [5.41, 5.74) is 0. The molecule has 0 amide bonds. The maximum absolute atomic E-state index is 11.1. The number of thioether (sulfide) groups is 1. The van der Waals surface area contributed by atoms with E-state index in [0.29, 0.717) is 0 Å². The lowest BCUT2D eigenvalue weighted by atomic mass is 10.4. The fourth-order valence-corrected chi connectivity index (χ4v) is 2.56. The van der Waals surface area contributed by atoms with Crippen LogP contribution in [-0.4, -0.2) is 16.7 Å². The molecule has 3 heteroatoms. The third-order valence-corrected chi connectivity index (χ3v) is 3.28. The molecule has 1 rings (SSSR count). The number of benzene rings is 1. The molecule has 0 aliphatic heterocycles. The average molecular weight is 186 g/mol. The molecule has 1 aromatic rings. The van der Waals surface area contributed by atoms with Crippen molar-refractivity contribution in [3.8, 4) is 0 Å². The van der Waals surface area contributed by atoms with Crippen LogP contribution >= 0.6 is 11.8 Å². The quantitative estimate of drug-likeness (QED) is 0.658. The second-order valence-electron chi connectivity index (χ2n) is 2.10. The van der Waals surface area contributed by atoms with E-state index in [1.165, 1.54) is 0 Å². The molecular weight excluding hydrogens is 176 g/mol. The maximum Gasteiger partial charge on any atom is 0.0520 e. The highest BCUT2D eigenvalue weighted by atomic mass is 32.2. The molecule has 0 aromatic heterocycles. The summed E-state index contributed by atoms with van der Waals surface area (Å²) in [4.78, 5) is 2.04. The van der Waals surface area contributed by atoms with Crippen molar-refractivity contribution in [2.24, 2.45) is 0 Å².